The highest BCUT2D eigenvalue weighted by Gasteiger charge is 2.17. The number of carbonyl (C=O) groups excluding carboxylic acids is 2. The molecule has 346 valence electrons. The molecule has 0 aromatic carbocycles. The SMILES string of the molecule is CC/C=C\C/C=C\C/C=C\CCCCCCCC(=O)OCC(COCCCCCCCC/C=C\CCCCCC)OC(=O)CCCCCCC/C=C\C/C=C\CCCCC. The fourth-order valence-electron chi connectivity index (χ4n) is 6.90. The van der Waals surface area contributed by atoms with E-state index in [0.717, 1.165) is 89.9 Å². The molecular weight excluding hydrogens is 741 g/mol. The van der Waals surface area contributed by atoms with Crippen LogP contribution in [0.15, 0.2) is 72.9 Å². The first-order valence-corrected chi connectivity index (χ1v) is 25.5. The van der Waals surface area contributed by atoms with Gasteiger partial charge in [0.1, 0.15) is 6.61 Å². The van der Waals surface area contributed by atoms with Crippen LogP contribution in [0.5, 0.6) is 0 Å². The van der Waals surface area contributed by atoms with E-state index >= 15 is 0 Å². The Hall–Kier alpha value is -2.66. The molecule has 5 nitrogen and oxygen atoms in total. The van der Waals surface area contributed by atoms with Gasteiger partial charge in [0.25, 0.3) is 0 Å². The monoisotopic (exact) mass is 837 g/mol. The van der Waals surface area contributed by atoms with Gasteiger partial charge < -0.3 is 14.2 Å². The van der Waals surface area contributed by atoms with Gasteiger partial charge in [-0.25, -0.2) is 0 Å². The average molecular weight is 837 g/mol. The van der Waals surface area contributed by atoms with E-state index in [1.165, 1.54) is 116 Å². The van der Waals surface area contributed by atoms with Gasteiger partial charge in [-0.15, -0.1) is 0 Å². The van der Waals surface area contributed by atoms with Crippen molar-refractivity contribution in [2.24, 2.45) is 0 Å². The molecule has 0 aliphatic rings. The third-order valence-corrected chi connectivity index (χ3v) is 10.7. The average Bonchev–Trinajstić information content (AvgIpc) is 3.25. The Morgan fingerprint density at radius 3 is 1.25 bits per heavy atom. The summed E-state index contributed by atoms with van der Waals surface area (Å²) in [5.41, 5.74) is 0. The van der Waals surface area contributed by atoms with E-state index in [1.807, 2.05) is 0 Å². The highest BCUT2D eigenvalue weighted by atomic mass is 16.6. The minimum absolute atomic E-state index is 0.0664. The highest BCUT2D eigenvalue weighted by molar-refractivity contribution is 5.70. The molecular formula is C55H96O5. The fraction of sp³-hybridized carbons (Fsp3) is 0.745. The zero-order valence-corrected chi connectivity index (χ0v) is 39.7. The van der Waals surface area contributed by atoms with Gasteiger partial charge in [-0.3, -0.25) is 9.59 Å². The fourth-order valence-corrected chi connectivity index (χ4v) is 6.90. The lowest BCUT2D eigenvalue weighted by Gasteiger charge is -2.18. The molecule has 0 aromatic rings. The summed E-state index contributed by atoms with van der Waals surface area (Å²) in [4.78, 5) is 25.4. The topological polar surface area (TPSA) is 61.8 Å². The third kappa shape index (κ3) is 48.0. The predicted molar refractivity (Wildman–Crippen MR) is 260 cm³/mol. The van der Waals surface area contributed by atoms with Crippen molar-refractivity contribution in [2.75, 3.05) is 19.8 Å². The second-order valence-corrected chi connectivity index (χ2v) is 16.7. The molecule has 1 unspecified atom stereocenters. The van der Waals surface area contributed by atoms with Crippen molar-refractivity contribution in [1.82, 2.24) is 0 Å². The minimum Gasteiger partial charge on any atom is -0.462 e. The van der Waals surface area contributed by atoms with Crippen molar-refractivity contribution < 1.29 is 23.8 Å². The summed E-state index contributed by atoms with van der Waals surface area (Å²) in [7, 11) is 0. The molecule has 0 heterocycles. The highest BCUT2D eigenvalue weighted by Crippen LogP contribution is 2.13. The molecule has 0 amide bonds. The van der Waals surface area contributed by atoms with Crippen LogP contribution in [0.4, 0.5) is 0 Å². The van der Waals surface area contributed by atoms with Gasteiger partial charge in [0, 0.05) is 19.4 Å². The van der Waals surface area contributed by atoms with Gasteiger partial charge in [0.05, 0.1) is 6.61 Å². The first-order valence-electron chi connectivity index (χ1n) is 25.5. The molecule has 1 atom stereocenters. The maximum atomic E-state index is 12.8. The molecule has 0 fully saturated rings. The maximum absolute atomic E-state index is 12.8. The lowest BCUT2D eigenvalue weighted by atomic mass is 10.1. The first kappa shape index (κ1) is 57.3. The second kappa shape index (κ2) is 50.7. The number of rotatable bonds is 46. The Bertz CT molecular complexity index is 1080. The molecule has 0 saturated carbocycles. The lowest BCUT2D eigenvalue weighted by Crippen LogP contribution is -2.30. The first-order chi connectivity index (χ1) is 29.6. The Morgan fingerprint density at radius 2 is 0.750 bits per heavy atom. The van der Waals surface area contributed by atoms with E-state index in [-0.39, 0.29) is 25.2 Å². The van der Waals surface area contributed by atoms with E-state index in [9.17, 15) is 9.59 Å². The predicted octanol–water partition coefficient (Wildman–Crippen LogP) is 17.1. The van der Waals surface area contributed by atoms with E-state index in [2.05, 4.69) is 93.7 Å². The second-order valence-electron chi connectivity index (χ2n) is 16.7. The zero-order valence-electron chi connectivity index (χ0n) is 39.7. The third-order valence-electron chi connectivity index (χ3n) is 10.7. The standard InChI is InChI=1S/C55H96O5/c1-4-7-10-13-16-19-22-25-28-30-33-36-39-42-45-48-54(56)59-52-53(51-58-50-47-44-41-38-35-32-27-24-21-18-15-12-9-6-3)60-55(57)49-46-43-40-37-34-31-29-26-23-20-17-14-11-8-5-2/h7,10,16-17,19-21,24-26,28-29,53H,4-6,8-9,11-15,18,22-23,27,30-52H2,1-3H3/b10-7-,19-16-,20-17-,24-21-,28-25-,29-26-. The molecule has 0 aromatic heterocycles. The van der Waals surface area contributed by atoms with Gasteiger partial charge in [-0.05, 0) is 109 Å². The van der Waals surface area contributed by atoms with Crippen molar-refractivity contribution in [2.45, 2.75) is 245 Å². The lowest BCUT2D eigenvalue weighted by molar-refractivity contribution is -0.163. The Morgan fingerprint density at radius 1 is 0.383 bits per heavy atom. The van der Waals surface area contributed by atoms with Gasteiger partial charge in [-0.1, -0.05) is 190 Å². The molecule has 0 rings (SSSR count). The van der Waals surface area contributed by atoms with E-state index in [0.29, 0.717) is 19.4 Å². The molecule has 0 aliphatic heterocycles. The van der Waals surface area contributed by atoms with Gasteiger partial charge in [0.15, 0.2) is 6.10 Å². The van der Waals surface area contributed by atoms with Crippen LogP contribution >= 0.6 is 0 Å². The molecule has 0 N–H and O–H groups in total. The van der Waals surface area contributed by atoms with Crippen molar-refractivity contribution in [1.29, 1.82) is 0 Å². The summed E-state index contributed by atoms with van der Waals surface area (Å²) >= 11 is 0. The Kier molecular flexibility index (Phi) is 48.4. The van der Waals surface area contributed by atoms with Crippen LogP contribution in [0.1, 0.15) is 239 Å². The molecule has 0 bridgehead atoms. The van der Waals surface area contributed by atoms with Gasteiger partial charge in [-0.2, -0.15) is 0 Å². The van der Waals surface area contributed by atoms with Crippen LogP contribution in [0.3, 0.4) is 0 Å². The zero-order chi connectivity index (χ0) is 43.5. The maximum Gasteiger partial charge on any atom is 0.306 e. The number of carbonyl (C=O) groups is 2. The van der Waals surface area contributed by atoms with Gasteiger partial charge in [0.2, 0.25) is 0 Å². The van der Waals surface area contributed by atoms with Crippen LogP contribution in [0.2, 0.25) is 0 Å². The van der Waals surface area contributed by atoms with Crippen LogP contribution in [-0.2, 0) is 23.8 Å². The summed E-state index contributed by atoms with van der Waals surface area (Å²) in [6.45, 7) is 7.64. The summed E-state index contributed by atoms with van der Waals surface area (Å²) in [5, 5.41) is 0. The minimum atomic E-state index is -0.555. The number of ether oxygens (including phenoxy) is 3. The quantitative estimate of drug-likeness (QED) is 0.0347. The summed E-state index contributed by atoms with van der Waals surface area (Å²) in [6.07, 6.45) is 64.7. The molecule has 0 radical (unpaired) electrons. The number of allylic oxidation sites excluding steroid dienone is 12. The van der Waals surface area contributed by atoms with E-state index in [1.54, 1.807) is 0 Å². The number of esters is 2. The number of hydrogen-bond acceptors (Lipinski definition) is 5. The molecule has 0 aliphatic carbocycles. The normalized spacial score (nSPS) is 12.8. The van der Waals surface area contributed by atoms with Crippen LogP contribution in [0.25, 0.3) is 0 Å². The van der Waals surface area contributed by atoms with E-state index in [4.69, 9.17) is 14.2 Å². The molecule has 0 spiro atoms. The van der Waals surface area contributed by atoms with Crippen LogP contribution < -0.4 is 0 Å². The van der Waals surface area contributed by atoms with Crippen molar-refractivity contribution in [3.63, 3.8) is 0 Å². The summed E-state index contributed by atoms with van der Waals surface area (Å²) in [6, 6.07) is 0. The van der Waals surface area contributed by atoms with Crippen molar-refractivity contribution >= 4 is 11.9 Å². The number of unbranched alkanes of at least 4 members (excludes halogenated alkanes) is 23. The number of hydrogen-bond donors (Lipinski definition) is 0. The smallest absolute Gasteiger partial charge is 0.306 e. The molecule has 60 heavy (non-hydrogen) atoms. The Balaban J connectivity index is 4.33. The molecule has 5 heteroatoms. The van der Waals surface area contributed by atoms with Gasteiger partial charge >= 0.3 is 11.9 Å². The van der Waals surface area contributed by atoms with Crippen molar-refractivity contribution in [3.05, 3.63) is 72.9 Å². The van der Waals surface area contributed by atoms with E-state index < -0.39 is 6.10 Å². The molecule has 0 saturated heterocycles. The summed E-state index contributed by atoms with van der Waals surface area (Å²) in [5.74, 6) is -0.434. The Labute approximate surface area is 372 Å². The van der Waals surface area contributed by atoms with Crippen molar-refractivity contribution in [3.8, 4) is 0 Å². The summed E-state index contributed by atoms with van der Waals surface area (Å²) < 4.78 is 17.4. The van der Waals surface area contributed by atoms with Crippen LogP contribution in [-0.4, -0.2) is 37.9 Å². The van der Waals surface area contributed by atoms with Crippen LogP contribution in [0, 0.1) is 0 Å². The largest absolute Gasteiger partial charge is 0.462 e.